The molecule has 0 saturated carbocycles. The fourth-order valence-corrected chi connectivity index (χ4v) is 3.83. The number of amides is 3. The molecule has 2 aliphatic rings. The van der Waals surface area contributed by atoms with Crippen molar-refractivity contribution in [1.82, 2.24) is 9.78 Å². The maximum atomic E-state index is 14.2. The van der Waals surface area contributed by atoms with Gasteiger partial charge in [-0.15, -0.1) is 0 Å². The summed E-state index contributed by atoms with van der Waals surface area (Å²) in [7, 11) is 1.43. The fourth-order valence-electron chi connectivity index (χ4n) is 3.83. The molecule has 0 aliphatic carbocycles. The van der Waals surface area contributed by atoms with Crippen LogP contribution in [0.15, 0.2) is 48.4 Å². The van der Waals surface area contributed by atoms with Gasteiger partial charge in [0.1, 0.15) is 11.4 Å². The maximum Gasteiger partial charge on any atom is 0.277 e. The highest BCUT2D eigenvalue weighted by Crippen LogP contribution is 2.31. The molecular formula is C25H25N5O4. The van der Waals surface area contributed by atoms with Gasteiger partial charge in [0.2, 0.25) is 5.91 Å². The number of methoxy groups -OCH3 is 1. The minimum atomic E-state index is -3.36. The molecular weight excluding hydrogens is 434 g/mol. The molecule has 3 amide bonds. The van der Waals surface area contributed by atoms with Crippen LogP contribution in [0.4, 0.5) is 11.4 Å². The number of nitrogens with zero attached hydrogens (tertiary/aromatic N) is 4. The number of piperidine rings is 1. The summed E-state index contributed by atoms with van der Waals surface area (Å²) in [5.74, 6) is -2.48. The van der Waals surface area contributed by atoms with E-state index in [0.29, 0.717) is 18.6 Å². The third kappa shape index (κ3) is 3.68. The van der Waals surface area contributed by atoms with E-state index in [9.17, 15) is 14.4 Å². The largest absolute Gasteiger partial charge is 0.497 e. The number of anilines is 2. The predicted molar refractivity (Wildman–Crippen MR) is 127 cm³/mol. The molecule has 0 unspecified atom stereocenters. The first-order valence-corrected chi connectivity index (χ1v) is 10.5. The van der Waals surface area contributed by atoms with Crippen molar-refractivity contribution < 1.29 is 30.1 Å². The molecule has 174 valence electrons. The second kappa shape index (κ2) is 8.66. The Labute approximate surface area is 207 Å². The summed E-state index contributed by atoms with van der Waals surface area (Å²) in [5.41, 5.74) is 2.46. The highest BCUT2D eigenvalue weighted by molar-refractivity contribution is 6.09. The van der Waals surface area contributed by atoms with Crippen LogP contribution in [0.2, 0.25) is 0 Å². The Bertz CT molecular complexity index is 1630. The highest BCUT2D eigenvalue weighted by atomic mass is 16.5. The zero-order valence-corrected chi connectivity index (χ0v) is 18.1. The molecule has 9 heteroatoms. The van der Waals surface area contributed by atoms with Crippen LogP contribution < -0.4 is 20.3 Å². The summed E-state index contributed by atoms with van der Waals surface area (Å²) in [6.07, 6.45) is -1.86. The number of hydrogen-bond acceptors (Lipinski definition) is 5. The standard InChI is InChI=1S/C25H25N5O4/c1-34-19-11-9-18(10-12-19)30-23-20(22(27-30)24(26)32)13-15-29(25(23)33)17-7-5-16(6-8-17)28-14-3-2-4-21(28)31/h5-12H,2-4,13-15H2,1H3,(H2,26,32)/i5D,6D,7D,8D,13D2,15D2. The van der Waals surface area contributed by atoms with Crippen LogP contribution in [0.5, 0.6) is 5.75 Å². The topological polar surface area (TPSA) is 111 Å². The minimum absolute atomic E-state index is 0.148. The van der Waals surface area contributed by atoms with Crippen molar-refractivity contribution in [3.05, 3.63) is 65.4 Å². The summed E-state index contributed by atoms with van der Waals surface area (Å²) in [5, 5.41) is 4.06. The van der Waals surface area contributed by atoms with Gasteiger partial charge in [0.05, 0.1) is 21.0 Å². The summed E-state index contributed by atoms with van der Waals surface area (Å²) < 4.78 is 75.7. The van der Waals surface area contributed by atoms with Gasteiger partial charge in [-0.1, -0.05) is 0 Å². The third-order valence-electron chi connectivity index (χ3n) is 5.55. The van der Waals surface area contributed by atoms with E-state index in [-0.39, 0.29) is 29.2 Å². The van der Waals surface area contributed by atoms with Gasteiger partial charge in [0, 0.05) is 39.1 Å². The normalized spacial score (nSPS) is 22.3. The van der Waals surface area contributed by atoms with Gasteiger partial charge in [0.25, 0.3) is 11.8 Å². The molecule has 0 spiro atoms. The summed E-state index contributed by atoms with van der Waals surface area (Å²) >= 11 is 0. The molecule has 1 saturated heterocycles. The van der Waals surface area contributed by atoms with Gasteiger partial charge >= 0.3 is 0 Å². The Kier molecular flexibility index (Phi) is 3.62. The van der Waals surface area contributed by atoms with Crippen molar-refractivity contribution in [3.8, 4) is 11.4 Å². The monoisotopic (exact) mass is 467 g/mol. The van der Waals surface area contributed by atoms with Gasteiger partial charge in [-0.3, -0.25) is 14.4 Å². The number of primary amides is 1. The van der Waals surface area contributed by atoms with E-state index >= 15 is 0 Å². The van der Waals surface area contributed by atoms with Crippen molar-refractivity contribution in [2.24, 2.45) is 5.73 Å². The highest BCUT2D eigenvalue weighted by Gasteiger charge is 2.34. The first kappa shape index (κ1) is 14.2. The molecule has 2 aliphatic heterocycles. The van der Waals surface area contributed by atoms with Crippen molar-refractivity contribution >= 4 is 29.1 Å². The maximum absolute atomic E-state index is 14.2. The van der Waals surface area contributed by atoms with Gasteiger partial charge in [-0.2, -0.15) is 5.10 Å². The SMILES string of the molecule is [2H]c1c([2H])c(N2C(=O)c3c(c(C(N)=O)nn3-c3ccc(OC)cc3)C([2H])([2H])C2([2H])[2H])c([2H])c([2H])c1N1CCCCC1=O. The Balaban J connectivity index is 1.78. The van der Waals surface area contributed by atoms with E-state index in [1.165, 1.54) is 31.4 Å². The van der Waals surface area contributed by atoms with Crippen LogP contribution in [-0.4, -0.2) is 47.7 Å². The van der Waals surface area contributed by atoms with Crippen LogP contribution in [0.1, 0.15) is 56.8 Å². The molecule has 9 nitrogen and oxygen atoms in total. The van der Waals surface area contributed by atoms with Gasteiger partial charge in [0.15, 0.2) is 5.69 Å². The molecule has 3 aromatic rings. The van der Waals surface area contributed by atoms with E-state index in [1.807, 2.05) is 0 Å². The molecule has 34 heavy (non-hydrogen) atoms. The van der Waals surface area contributed by atoms with Gasteiger partial charge < -0.3 is 20.3 Å². The Hall–Kier alpha value is -4.14. The lowest BCUT2D eigenvalue weighted by Crippen LogP contribution is -2.39. The minimum Gasteiger partial charge on any atom is -0.497 e. The summed E-state index contributed by atoms with van der Waals surface area (Å²) in [6, 6.07) is 2.82. The Morgan fingerprint density at radius 2 is 1.74 bits per heavy atom. The Morgan fingerprint density at radius 1 is 1.06 bits per heavy atom. The molecule has 1 aromatic heterocycles. The van der Waals surface area contributed by atoms with Crippen LogP contribution in [0, 0.1) is 0 Å². The van der Waals surface area contributed by atoms with Gasteiger partial charge in [-0.05, 0) is 67.6 Å². The smallest absolute Gasteiger partial charge is 0.277 e. The summed E-state index contributed by atoms with van der Waals surface area (Å²) in [4.78, 5) is 40.4. The first-order valence-electron chi connectivity index (χ1n) is 14.5. The molecule has 3 heterocycles. The molecule has 0 radical (unpaired) electrons. The molecule has 2 aromatic carbocycles. The average molecular weight is 468 g/mol. The number of ether oxygens (including phenoxy) is 1. The second-order valence-electron chi connectivity index (χ2n) is 7.62. The van der Waals surface area contributed by atoms with Crippen LogP contribution >= 0.6 is 0 Å². The van der Waals surface area contributed by atoms with E-state index in [0.717, 1.165) is 9.58 Å². The van der Waals surface area contributed by atoms with Crippen LogP contribution in [0.25, 0.3) is 5.69 Å². The number of carbonyl (C=O) groups is 3. The average Bonchev–Trinajstić information content (AvgIpc) is 3.36. The van der Waals surface area contributed by atoms with Crippen molar-refractivity contribution in [2.45, 2.75) is 25.6 Å². The lowest BCUT2D eigenvalue weighted by Gasteiger charge is -2.29. The molecule has 0 bridgehead atoms. The number of aromatic nitrogens is 2. The molecule has 1 fully saturated rings. The van der Waals surface area contributed by atoms with Crippen molar-refractivity contribution in [1.29, 1.82) is 0 Å². The third-order valence-corrected chi connectivity index (χ3v) is 5.55. The summed E-state index contributed by atoms with van der Waals surface area (Å²) in [6.45, 7) is -3.21. The number of carbonyl (C=O) groups excluding carboxylic acids is 3. The fraction of sp³-hybridized carbons (Fsp3) is 0.280. The molecule has 0 atom stereocenters. The number of benzene rings is 2. The number of hydrogen-bond donors (Lipinski definition) is 1. The van der Waals surface area contributed by atoms with Gasteiger partial charge in [-0.25, -0.2) is 4.68 Å². The zero-order chi connectivity index (χ0) is 30.9. The number of fused-ring (bicyclic) bond motifs is 1. The molecule has 5 rings (SSSR count). The first-order chi connectivity index (χ1) is 19.7. The Morgan fingerprint density at radius 3 is 2.35 bits per heavy atom. The number of nitrogens with two attached hydrogens (primary N) is 1. The van der Waals surface area contributed by atoms with E-state index in [1.54, 1.807) is 0 Å². The lowest BCUT2D eigenvalue weighted by molar-refractivity contribution is -0.119. The van der Waals surface area contributed by atoms with E-state index in [2.05, 4.69) is 5.10 Å². The quantitative estimate of drug-likeness (QED) is 0.620. The lowest BCUT2D eigenvalue weighted by atomic mass is 10.0. The zero-order valence-electron chi connectivity index (χ0n) is 26.1. The predicted octanol–water partition coefficient (Wildman–Crippen LogP) is 2.70. The van der Waals surface area contributed by atoms with E-state index in [4.69, 9.17) is 21.4 Å². The second-order valence-corrected chi connectivity index (χ2v) is 7.62. The van der Waals surface area contributed by atoms with E-state index < -0.39 is 77.4 Å². The number of rotatable bonds is 5. The van der Waals surface area contributed by atoms with Crippen LogP contribution in [0.3, 0.4) is 0 Å². The van der Waals surface area contributed by atoms with Crippen molar-refractivity contribution in [2.75, 3.05) is 30.0 Å². The van der Waals surface area contributed by atoms with Crippen LogP contribution in [-0.2, 0) is 11.2 Å². The van der Waals surface area contributed by atoms with Crippen molar-refractivity contribution in [3.63, 3.8) is 0 Å². The molecule has 2 N–H and O–H groups in total.